The number of hydrogen-bond acceptors (Lipinski definition) is 13. The van der Waals surface area contributed by atoms with Crippen LogP contribution in [0.4, 0.5) is 15.3 Å². The lowest BCUT2D eigenvalue weighted by molar-refractivity contribution is -0.179. The van der Waals surface area contributed by atoms with E-state index in [1.807, 2.05) is 77.7 Å². The summed E-state index contributed by atoms with van der Waals surface area (Å²) in [6, 6.07) is 27.4. The molecule has 75 heavy (non-hydrogen) atoms. The summed E-state index contributed by atoms with van der Waals surface area (Å²) in [4.78, 5) is 93.8. The minimum atomic E-state index is -2.17. The Kier molecular flexibility index (Phi) is 14.8. The lowest BCUT2D eigenvalue weighted by atomic mass is 9.64. The van der Waals surface area contributed by atoms with Crippen LogP contribution in [0.1, 0.15) is 71.0 Å². The molecule has 9 rings (SSSR count). The number of esters is 2. The van der Waals surface area contributed by atoms with Crippen molar-refractivity contribution in [2.45, 2.75) is 62.5 Å². The van der Waals surface area contributed by atoms with Gasteiger partial charge in [0.1, 0.15) is 36.0 Å². The maximum atomic E-state index is 16.9. The quantitative estimate of drug-likeness (QED) is 0.0874. The number of aliphatic hydroxyl groups is 1. The Morgan fingerprint density at radius 1 is 0.840 bits per heavy atom. The Morgan fingerprint density at radius 3 is 2.13 bits per heavy atom. The van der Waals surface area contributed by atoms with Crippen molar-refractivity contribution in [2.24, 2.45) is 17.6 Å². The molecule has 4 aliphatic heterocycles. The number of imide groups is 1. The van der Waals surface area contributed by atoms with Crippen LogP contribution in [0.3, 0.4) is 0 Å². The normalized spacial score (nSPS) is 21.9. The average molecular weight is 1020 g/mol. The highest BCUT2D eigenvalue weighted by atomic mass is 16.6. The van der Waals surface area contributed by atoms with E-state index in [0.29, 0.717) is 45.9 Å². The summed E-state index contributed by atoms with van der Waals surface area (Å²) < 4.78 is 28.9. The molecular weight excluding hydrogens is 961 g/mol. The predicted octanol–water partition coefficient (Wildman–Crippen LogP) is 5.25. The van der Waals surface area contributed by atoms with Gasteiger partial charge in [0.15, 0.2) is 11.5 Å². The van der Waals surface area contributed by atoms with Gasteiger partial charge in [-0.15, -0.1) is 0 Å². The van der Waals surface area contributed by atoms with Gasteiger partial charge in [-0.3, -0.25) is 19.3 Å². The molecular formula is C57H58N6O12. The first-order chi connectivity index (χ1) is 36.3. The van der Waals surface area contributed by atoms with Gasteiger partial charge in [0.2, 0.25) is 11.8 Å². The summed E-state index contributed by atoms with van der Waals surface area (Å²) in [6.45, 7) is 3.27. The second kappa shape index (κ2) is 21.6. The van der Waals surface area contributed by atoms with Crippen LogP contribution in [0, 0.1) is 23.7 Å². The van der Waals surface area contributed by atoms with Gasteiger partial charge in [-0.05, 0) is 88.2 Å². The number of benzene rings is 5. The average Bonchev–Trinajstić information content (AvgIpc) is 3.88. The van der Waals surface area contributed by atoms with Gasteiger partial charge >= 0.3 is 24.0 Å². The van der Waals surface area contributed by atoms with Crippen LogP contribution in [0.15, 0.2) is 115 Å². The maximum absolute atomic E-state index is 16.9. The molecule has 1 spiro atoms. The third-order valence-electron chi connectivity index (χ3n) is 14.5. The number of hydrogen-bond donors (Lipinski definition) is 4. The number of urea groups is 2. The van der Waals surface area contributed by atoms with E-state index in [4.69, 9.17) is 29.4 Å². The fraction of sp³-hybridized carbons (Fsp3) is 0.333. The number of nitrogens with one attached hydrogen (secondary N) is 2. The number of nitrogens with zero attached hydrogens (tertiary/aromatic N) is 3. The highest BCUT2D eigenvalue weighted by molar-refractivity contribution is 6.25. The molecule has 5 aromatic rings. The second-order valence-corrected chi connectivity index (χ2v) is 19.0. The van der Waals surface area contributed by atoms with Crippen molar-refractivity contribution in [2.75, 3.05) is 52.5 Å². The number of morpholine rings is 1. The van der Waals surface area contributed by atoms with E-state index in [0.717, 1.165) is 16.0 Å². The largest absolute Gasteiger partial charge is 0.493 e. The van der Waals surface area contributed by atoms with E-state index in [1.165, 1.54) is 14.2 Å². The molecule has 5 N–H and O–H groups in total. The van der Waals surface area contributed by atoms with Crippen molar-refractivity contribution in [3.8, 4) is 29.1 Å². The molecule has 2 fully saturated rings. The lowest BCUT2D eigenvalue weighted by Crippen LogP contribution is -2.58. The van der Waals surface area contributed by atoms with Gasteiger partial charge in [0.05, 0.1) is 58.2 Å². The van der Waals surface area contributed by atoms with E-state index in [9.17, 15) is 14.7 Å². The van der Waals surface area contributed by atoms with Crippen LogP contribution >= 0.6 is 0 Å². The first-order valence-corrected chi connectivity index (χ1v) is 24.6. The first-order valence-electron chi connectivity index (χ1n) is 24.6. The number of cyclic esters (lactones) is 1. The maximum Gasteiger partial charge on any atom is 0.329 e. The van der Waals surface area contributed by atoms with Crippen LogP contribution in [0.2, 0.25) is 0 Å². The number of ether oxygens (including phenoxy) is 5. The Morgan fingerprint density at radius 2 is 1.51 bits per heavy atom. The number of rotatable bonds is 13. The van der Waals surface area contributed by atoms with E-state index in [-0.39, 0.29) is 44.1 Å². The standard InChI is InChI=1S/C57H58N6O12/c1-33(2)46(52(66)73-5)60-56(70)62-42-23-18-34(13-12-25-59-55(58)69)29-41(42)57(54(62)68)45(51(65)61-26-24-38-30-43(71-3)44(72-4)31-39(38)32-61)48-53(67)75-49(36-16-10-7-11-17-36)47(35-14-8-6-9-15-35)63(48)50(57)37-19-21-40(22-20-37)74-28-27-64/h6-11,14-23,29-31,33,45-50,64H,24-28,32H2,1-5H3,(H,60,70)(H3,58,59,69). The third-order valence-corrected chi connectivity index (χ3v) is 14.5. The number of primary amides is 1. The number of methoxy groups -OCH3 is 3. The van der Waals surface area contributed by atoms with Crippen LogP contribution in [0.5, 0.6) is 17.2 Å². The van der Waals surface area contributed by atoms with Gasteiger partial charge < -0.3 is 50.1 Å². The number of aliphatic hydroxyl groups excluding tert-OH is 1. The Labute approximate surface area is 434 Å². The highest BCUT2D eigenvalue weighted by Gasteiger charge is 2.76. The highest BCUT2D eigenvalue weighted by Crippen LogP contribution is 2.66. The molecule has 18 heteroatoms. The Hall–Kier alpha value is -8.40. The van der Waals surface area contributed by atoms with E-state index in [1.54, 1.807) is 68.3 Å². The number of nitrogens with two attached hydrogens (primary N) is 1. The zero-order chi connectivity index (χ0) is 53.1. The summed E-state index contributed by atoms with van der Waals surface area (Å²) in [5, 5.41) is 14.9. The summed E-state index contributed by atoms with van der Waals surface area (Å²) >= 11 is 0. The SMILES string of the molecule is COC(=O)C(NC(=O)N1C(=O)C2(c3cc(C#CCNC(N)=O)ccc31)C(C(=O)N1CCc3cc(OC)c(OC)cc3C1)C1C(=O)OC(c3ccccc3)C(c3ccccc3)N1C2c1ccc(OCCO)cc1)C(C)C. The predicted molar refractivity (Wildman–Crippen MR) is 273 cm³/mol. The van der Waals surface area contributed by atoms with Gasteiger partial charge in [0, 0.05) is 18.7 Å². The third kappa shape index (κ3) is 9.33. The molecule has 0 aliphatic carbocycles. The molecule has 2 saturated heterocycles. The molecule has 0 bridgehead atoms. The van der Waals surface area contributed by atoms with Crippen LogP contribution in [-0.4, -0.2) is 110 Å². The van der Waals surface area contributed by atoms with Gasteiger partial charge in [-0.2, -0.15) is 0 Å². The molecule has 5 aromatic carbocycles. The molecule has 4 heterocycles. The Bertz CT molecular complexity index is 3070. The van der Waals surface area contributed by atoms with Crippen molar-refractivity contribution in [3.05, 3.63) is 154 Å². The minimum absolute atomic E-state index is 0.00651. The minimum Gasteiger partial charge on any atom is -0.493 e. The van der Waals surface area contributed by atoms with Crippen molar-refractivity contribution < 1.29 is 57.6 Å². The molecule has 0 radical (unpaired) electrons. The van der Waals surface area contributed by atoms with Crippen LogP contribution in [0.25, 0.3) is 0 Å². The molecule has 0 saturated carbocycles. The molecule has 388 valence electrons. The zero-order valence-electron chi connectivity index (χ0n) is 42.1. The van der Waals surface area contributed by atoms with Gasteiger partial charge in [-0.25, -0.2) is 19.3 Å². The molecule has 18 nitrogen and oxygen atoms in total. The monoisotopic (exact) mass is 1020 g/mol. The number of fused-ring (bicyclic) bond motifs is 4. The molecule has 0 aromatic heterocycles. The number of anilines is 1. The summed E-state index contributed by atoms with van der Waals surface area (Å²) in [5.41, 5.74) is 7.27. The summed E-state index contributed by atoms with van der Waals surface area (Å²) in [6.07, 6.45) is -0.608. The number of amides is 6. The lowest BCUT2D eigenvalue weighted by Gasteiger charge is -2.46. The van der Waals surface area contributed by atoms with E-state index < -0.39 is 83.3 Å². The fourth-order valence-electron chi connectivity index (χ4n) is 11.2. The van der Waals surface area contributed by atoms with Crippen molar-refractivity contribution in [1.82, 2.24) is 20.4 Å². The van der Waals surface area contributed by atoms with E-state index >= 15 is 19.2 Å². The van der Waals surface area contributed by atoms with Crippen LogP contribution < -0.4 is 35.5 Å². The summed E-state index contributed by atoms with van der Waals surface area (Å²) in [5.74, 6) is 2.23. The molecule has 4 aliphatic rings. The Balaban J connectivity index is 1.35. The first kappa shape index (κ1) is 51.5. The number of carbonyl (C=O) groups is 6. The van der Waals surface area contributed by atoms with Crippen molar-refractivity contribution in [3.63, 3.8) is 0 Å². The topological polar surface area (TPSA) is 229 Å². The molecule has 7 unspecified atom stereocenters. The zero-order valence-corrected chi connectivity index (χ0v) is 42.1. The van der Waals surface area contributed by atoms with Gasteiger partial charge in [0.25, 0.3) is 0 Å². The van der Waals surface area contributed by atoms with Gasteiger partial charge in [-0.1, -0.05) is 98.5 Å². The van der Waals surface area contributed by atoms with Crippen LogP contribution in [-0.2, 0) is 47.0 Å². The second-order valence-electron chi connectivity index (χ2n) is 19.0. The fourth-order valence-corrected chi connectivity index (χ4v) is 11.2. The van der Waals surface area contributed by atoms with Crippen molar-refractivity contribution in [1.29, 1.82) is 0 Å². The van der Waals surface area contributed by atoms with E-state index in [2.05, 4.69) is 22.5 Å². The smallest absolute Gasteiger partial charge is 0.329 e. The molecule has 6 amide bonds. The molecule has 7 atom stereocenters. The van der Waals surface area contributed by atoms with Crippen molar-refractivity contribution >= 4 is 41.5 Å². The number of carbonyl (C=O) groups excluding carboxylic acids is 6. The summed E-state index contributed by atoms with van der Waals surface area (Å²) in [7, 11) is 4.26.